The first-order valence-electron chi connectivity index (χ1n) is 18.2. The van der Waals surface area contributed by atoms with E-state index in [1.54, 1.807) is 25.4 Å². The second-order valence-corrected chi connectivity index (χ2v) is 13.8. The van der Waals surface area contributed by atoms with Gasteiger partial charge in [-0.15, -0.1) is 0 Å². The Morgan fingerprint density at radius 2 is 1.42 bits per heavy atom. The fourth-order valence-corrected chi connectivity index (χ4v) is 6.31. The normalized spacial score (nSPS) is 13.9. The summed E-state index contributed by atoms with van der Waals surface area (Å²) in [6.07, 6.45) is 5.23. The Kier molecular flexibility index (Phi) is 12.4. The number of ether oxygens (including phenoxy) is 4. The summed E-state index contributed by atoms with van der Waals surface area (Å²) >= 11 is 0. The maximum Gasteiger partial charge on any atom is 0.246 e. The number of hydrogen-bond donors (Lipinski definition) is 0. The van der Waals surface area contributed by atoms with Gasteiger partial charge in [-0.1, -0.05) is 61.0 Å². The number of methoxy groups -OCH3 is 1. The fraction of sp³-hybridized carbons (Fsp3) is 0.289. The van der Waals surface area contributed by atoms with Crippen LogP contribution in [0.5, 0.6) is 28.9 Å². The van der Waals surface area contributed by atoms with Crippen molar-refractivity contribution in [3.05, 3.63) is 148 Å². The molecular formula is C45H49N3O5. The van der Waals surface area contributed by atoms with E-state index >= 15 is 0 Å². The molecule has 1 aliphatic heterocycles. The highest BCUT2D eigenvalue weighted by molar-refractivity contribution is 5.92. The summed E-state index contributed by atoms with van der Waals surface area (Å²) in [5, 5.41) is 0. The lowest BCUT2D eigenvalue weighted by atomic mass is 10.0. The summed E-state index contributed by atoms with van der Waals surface area (Å²) in [4.78, 5) is 21.9. The molecule has 0 saturated carbocycles. The minimum absolute atomic E-state index is 0.0324. The molecule has 2 heterocycles. The standard InChI is InChI=1S/C45H49N3O5/c1-32-6-15-41(16-7-32)51-30-35(4)39-13-8-36(9-14-39)29-47-22-24-48(25-23-47)44(49)21-12-38-26-33(2)45(34(3)27-38)53-43-20-19-42(28-46-43)52-31-37-10-17-40(50-5)18-11-37/h6-21,26-28,35H,22-25,29-31H2,1-5H3. The van der Waals surface area contributed by atoms with Crippen LogP contribution in [-0.4, -0.2) is 60.6 Å². The zero-order chi connectivity index (χ0) is 37.2. The summed E-state index contributed by atoms with van der Waals surface area (Å²) in [5.74, 6) is 3.94. The highest BCUT2D eigenvalue weighted by Crippen LogP contribution is 2.30. The maximum absolute atomic E-state index is 13.1. The van der Waals surface area contributed by atoms with Crippen LogP contribution < -0.4 is 18.9 Å². The molecule has 1 atom stereocenters. The van der Waals surface area contributed by atoms with Crippen molar-refractivity contribution >= 4 is 12.0 Å². The van der Waals surface area contributed by atoms with Crippen LogP contribution in [0, 0.1) is 20.8 Å². The van der Waals surface area contributed by atoms with Crippen LogP contribution >= 0.6 is 0 Å². The second-order valence-electron chi connectivity index (χ2n) is 13.8. The molecule has 6 rings (SSSR count). The topological polar surface area (TPSA) is 73.4 Å². The Labute approximate surface area is 313 Å². The molecule has 5 aromatic rings. The van der Waals surface area contributed by atoms with E-state index in [1.807, 2.05) is 79.4 Å². The van der Waals surface area contributed by atoms with Crippen molar-refractivity contribution in [1.29, 1.82) is 0 Å². The highest BCUT2D eigenvalue weighted by Gasteiger charge is 2.20. The maximum atomic E-state index is 13.1. The molecule has 1 unspecified atom stereocenters. The van der Waals surface area contributed by atoms with Gasteiger partial charge in [0.25, 0.3) is 0 Å². The van der Waals surface area contributed by atoms with E-state index in [-0.39, 0.29) is 5.91 Å². The van der Waals surface area contributed by atoms with Crippen molar-refractivity contribution in [2.75, 3.05) is 39.9 Å². The van der Waals surface area contributed by atoms with Gasteiger partial charge in [-0.05, 0) is 103 Å². The number of aryl methyl sites for hydroxylation is 3. The molecule has 1 fully saturated rings. The minimum Gasteiger partial charge on any atom is -0.497 e. The molecule has 0 bridgehead atoms. The van der Waals surface area contributed by atoms with E-state index in [0.29, 0.717) is 43.9 Å². The van der Waals surface area contributed by atoms with Crippen LogP contribution in [0.15, 0.2) is 109 Å². The van der Waals surface area contributed by atoms with Gasteiger partial charge in [0.1, 0.15) is 29.6 Å². The third-order valence-corrected chi connectivity index (χ3v) is 9.54. The number of carbonyl (C=O) groups is 1. The molecule has 53 heavy (non-hydrogen) atoms. The number of piperazine rings is 1. The molecular weight excluding hydrogens is 663 g/mol. The van der Waals surface area contributed by atoms with Gasteiger partial charge in [-0.25, -0.2) is 4.98 Å². The summed E-state index contributed by atoms with van der Waals surface area (Å²) in [7, 11) is 1.65. The minimum atomic E-state index is 0.0324. The van der Waals surface area contributed by atoms with Gasteiger partial charge >= 0.3 is 0 Å². The number of nitrogens with zero attached hydrogens (tertiary/aromatic N) is 3. The molecule has 0 aliphatic carbocycles. The largest absolute Gasteiger partial charge is 0.497 e. The number of amides is 1. The smallest absolute Gasteiger partial charge is 0.246 e. The molecule has 4 aromatic carbocycles. The highest BCUT2D eigenvalue weighted by atomic mass is 16.5. The van der Waals surface area contributed by atoms with E-state index in [0.717, 1.165) is 59.1 Å². The van der Waals surface area contributed by atoms with Crippen molar-refractivity contribution in [2.45, 2.75) is 46.8 Å². The SMILES string of the molecule is COc1ccc(COc2ccc(Oc3c(C)cc(C=CC(=O)N4CCN(Cc5ccc(C(C)COc6ccc(C)cc6)cc5)CC4)cc3C)nc2)cc1. The Bertz CT molecular complexity index is 1940. The first-order chi connectivity index (χ1) is 25.7. The van der Waals surface area contributed by atoms with Gasteiger partial charge in [0, 0.05) is 50.8 Å². The van der Waals surface area contributed by atoms with Crippen molar-refractivity contribution in [2.24, 2.45) is 0 Å². The molecule has 1 aliphatic rings. The quantitative estimate of drug-likeness (QED) is 0.107. The van der Waals surface area contributed by atoms with Crippen LogP contribution in [0.1, 0.15) is 51.8 Å². The van der Waals surface area contributed by atoms with Crippen LogP contribution in [0.3, 0.4) is 0 Å². The van der Waals surface area contributed by atoms with Crippen LogP contribution in [0.4, 0.5) is 0 Å². The lowest BCUT2D eigenvalue weighted by Crippen LogP contribution is -2.47. The predicted molar refractivity (Wildman–Crippen MR) is 210 cm³/mol. The second kappa shape index (κ2) is 17.8. The Hall–Kier alpha value is -5.60. The molecule has 0 spiro atoms. The molecule has 1 amide bonds. The average molecular weight is 712 g/mol. The van der Waals surface area contributed by atoms with Crippen LogP contribution in [0.2, 0.25) is 0 Å². The zero-order valence-electron chi connectivity index (χ0n) is 31.4. The number of benzene rings is 4. The number of pyridine rings is 1. The Balaban J connectivity index is 0.938. The molecule has 8 heteroatoms. The van der Waals surface area contributed by atoms with E-state index < -0.39 is 0 Å². The number of carbonyl (C=O) groups excluding carboxylic acids is 1. The molecule has 274 valence electrons. The molecule has 1 saturated heterocycles. The third-order valence-electron chi connectivity index (χ3n) is 9.54. The van der Waals surface area contributed by atoms with Crippen molar-refractivity contribution < 1.29 is 23.7 Å². The van der Waals surface area contributed by atoms with E-state index in [2.05, 4.69) is 60.1 Å². The average Bonchev–Trinajstić information content (AvgIpc) is 3.18. The third kappa shape index (κ3) is 10.5. The Morgan fingerprint density at radius 1 is 0.774 bits per heavy atom. The summed E-state index contributed by atoms with van der Waals surface area (Å²) in [6.45, 7) is 13.3. The first kappa shape index (κ1) is 37.2. The van der Waals surface area contributed by atoms with Gasteiger partial charge in [-0.2, -0.15) is 0 Å². The van der Waals surface area contributed by atoms with Crippen molar-refractivity contribution in [3.63, 3.8) is 0 Å². The monoisotopic (exact) mass is 711 g/mol. The van der Waals surface area contributed by atoms with Crippen LogP contribution in [-0.2, 0) is 17.9 Å². The van der Waals surface area contributed by atoms with Crippen molar-refractivity contribution in [3.8, 4) is 28.9 Å². The molecule has 0 N–H and O–H groups in total. The fourth-order valence-electron chi connectivity index (χ4n) is 6.31. The Morgan fingerprint density at radius 3 is 2.06 bits per heavy atom. The summed E-state index contributed by atoms with van der Waals surface area (Å²) in [5.41, 5.74) is 7.69. The van der Waals surface area contributed by atoms with E-state index in [4.69, 9.17) is 18.9 Å². The van der Waals surface area contributed by atoms with E-state index in [1.165, 1.54) is 16.7 Å². The first-order valence-corrected chi connectivity index (χ1v) is 18.2. The number of hydrogen-bond acceptors (Lipinski definition) is 7. The number of aromatic nitrogens is 1. The zero-order valence-corrected chi connectivity index (χ0v) is 31.4. The van der Waals surface area contributed by atoms with Gasteiger partial charge in [0.15, 0.2) is 0 Å². The van der Waals surface area contributed by atoms with E-state index in [9.17, 15) is 4.79 Å². The lowest BCUT2D eigenvalue weighted by molar-refractivity contribution is -0.127. The molecule has 0 radical (unpaired) electrons. The van der Waals surface area contributed by atoms with Gasteiger partial charge in [0.05, 0.1) is 19.9 Å². The summed E-state index contributed by atoms with van der Waals surface area (Å²) < 4.78 is 23.3. The molecule has 8 nitrogen and oxygen atoms in total. The van der Waals surface area contributed by atoms with Gasteiger partial charge < -0.3 is 23.8 Å². The van der Waals surface area contributed by atoms with Gasteiger partial charge in [0.2, 0.25) is 11.8 Å². The van der Waals surface area contributed by atoms with Crippen LogP contribution in [0.25, 0.3) is 6.08 Å². The van der Waals surface area contributed by atoms with Gasteiger partial charge in [-0.3, -0.25) is 9.69 Å². The predicted octanol–water partition coefficient (Wildman–Crippen LogP) is 8.93. The molecule has 1 aromatic heterocycles. The summed E-state index contributed by atoms with van der Waals surface area (Å²) in [6, 6.07) is 32.5. The lowest BCUT2D eigenvalue weighted by Gasteiger charge is -2.34. The number of rotatable bonds is 14. The van der Waals surface area contributed by atoms with Crippen molar-refractivity contribution in [1.82, 2.24) is 14.8 Å².